The maximum atomic E-state index is 12.1. The van der Waals surface area contributed by atoms with Gasteiger partial charge in [-0.2, -0.15) is 0 Å². The van der Waals surface area contributed by atoms with Crippen LogP contribution in [-0.4, -0.2) is 25.9 Å². The highest BCUT2D eigenvalue weighted by atomic mass is 35.5. The van der Waals surface area contributed by atoms with Gasteiger partial charge in [0.15, 0.2) is 0 Å². The van der Waals surface area contributed by atoms with Gasteiger partial charge in [0.05, 0.1) is 5.75 Å². The Morgan fingerprint density at radius 2 is 1.79 bits per heavy atom. The first kappa shape index (κ1) is 18.4. The maximum absolute atomic E-state index is 12.1. The van der Waals surface area contributed by atoms with Crippen LogP contribution < -0.4 is 10.0 Å². The Labute approximate surface area is 146 Å². The van der Waals surface area contributed by atoms with Crippen LogP contribution in [0.15, 0.2) is 42.6 Å². The topological polar surface area (TPSA) is 88.2 Å². The predicted molar refractivity (Wildman–Crippen MR) is 93.2 cm³/mol. The monoisotopic (exact) mass is 367 g/mol. The summed E-state index contributed by atoms with van der Waals surface area (Å²) in [6, 6.07) is 9.94. The van der Waals surface area contributed by atoms with Gasteiger partial charge in [-0.25, -0.2) is 18.1 Å². The third-order valence-electron chi connectivity index (χ3n) is 3.19. The van der Waals surface area contributed by atoms with Crippen molar-refractivity contribution < 1.29 is 13.2 Å². The Balaban J connectivity index is 1.94. The molecule has 0 aliphatic carbocycles. The molecule has 0 spiro atoms. The molecule has 2 aromatic rings. The van der Waals surface area contributed by atoms with Gasteiger partial charge < -0.3 is 5.32 Å². The number of rotatable bonds is 7. The fraction of sp³-hybridized carbons (Fsp3) is 0.250. The molecule has 2 N–H and O–H groups in total. The van der Waals surface area contributed by atoms with Gasteiger partial charge in [0.25, 0.3) is 5.91 Å². The number of nitrogens with one attached hydrogen (secondary N) is 2. The van der Waals surface area contributed by atoms with E-state index in [1.807, 2.05) is 6.92 Å². The molecule has 0 unspecified atom stereocenters. The van der Waals surface area contributed by atoms with E-state index in [1.165, 1.54) is 6.20 Å². The van der Waals surface area contributed by atoms with Crippen molar-refractivity contribution in [2.45, 2.75) is 19.2 Å². The first-order chi connectivity index (χ1) is 11.4. The number of halogens is 1. The molecule has 0 fully saturated rings. The number of nitrogens with zero attached hydrogens (tertiary/aromatic N) is 1. The number of aromatic nitrogens is 1. The normalized spacial score (nSPS) is 11.2. The molecule has 2 rings (SSSR count). The molecular formula is C16H18ClN3O3S. The fourth-order valence-corrected chi connectivity index (χ4v) is 3.20. The Kier molecular flexibility index (Phi) is 6.30. The average molecular weight is 368 g/mol. The lowest BCUT2D eigenvalue weighted by Crippen LogP contribution is -2.25. The zero-order valence-corrected chi connectivity index (χ0v) is 14.7. The molecule has 0 aliphatic rings. The summed E-state index contributed by atoms with van der Waals surface area (Å²) in [6.45, 7) is 2.55. The van der Waals surface area contributed by atoms with E-state index in [-0.39, 0.29) is 18.2 Å². The van der Waals surface area contributed by atoms with Crippen LogP contribution in [0.4, 0.5) is 0 Å². The van der Waals surface area contributed by atoms with Gasteiger partial charge in [0.1, 0.15) is 5.15 Å². The van der Waals surface area contributed by atoms with Crippen LogP contribution in [0, 0.1) is 0 Å². The largest absolute Gasteiger partial charge is 0.352 e. The van der Waals surface area contributed by atoms with Crippen LogP contribution in [0.3, 0.4) is 0 Å². The van der Waals surface area contributed by atoms with E-state index in [9.17, 15) is 13.2 Å². The van der Waals surface area contributed by atoms with Crippen LogP contribution in [0.2, 0.25) is 5.15 Å². The lowest BCUT2D eigenvalue weighted by atomic mass is 10.1. The second-order valence-corrected chi connectivity index (χ2v) is 7.32. The lowest BCUT2D eigenvalue weighted by molar-refractivity contribution is 0.0956. The maximum Gasteiger partial charge on any atom is 0.251 e. The molecule has 0 atom stereocenters. The highest BCUT2D eigenvalue weighted by Crippen LogP contribution is 2.09. The van der Waals surface area contributed by atoms with Crippen molar-refractivity contribution in [1.82, 2.24) is 15.0 Å². The van der Waals surface area contributed by atoms with Crippen molar-refractivity contribution in [1.29, 1.82) is 0 Å². The molecular weight excluding hydrogens is 350 g/mol. The van der Waals surface area contributed by atoms with E-state index in [2.05, 4.69) is 15.0 Å². The summed E-state index contributed by atoms with van der Waals surface area (Å²) in [5, 5.41) is 3.02. The molecule has 24 heavy (non-hydrogen) atoms. The summed E-state index contributed by atoms with van der Waals surface area (Å²) < 4.78 is 26.7. The Bertz CT molecular complexity index is 790. The molecule has 0 bridgehead atoms. The molecule has 0 aliphatic heterocycles. The molecule has 1 aromatic heterocycles. The van der Waals surface area contributed by atoms with Crippen molar-refractivity contribution in [2.75, 3.05) is 6.54 Å². The zero-order chi connectivity index (χ0) is 17.6. The smallest absolute Gasteiger partial charge is 0.251 e. The zero-order valence-electron chi connectivity index (χ0n) is 13.1. The third-order valence-corrected chi connectivity index (χ3v) is 4.72. The molecule has 128 valence electrons. The van der Waals surface area contributed by atoms with E-state index in [1.54, 1.807) is 36.4 Å². The fourth-order valence-electron chi connectivity index (χ4n) is 1.99. The Morgan fingerprint density at radius 1 is 1.12 bits per heavy atom. The molecule has 8 heteroatoms. The van der Waals surface area contributed by atoms with Crippen LogP contribution >= 0.6 is 11.6 Å². The SMILES string of the molecule is CCNC(=O)c1ccc(CNS(=O)(=O)Cc2ccc(Cl)nc2)cc1. The van der Waals surface area contributed by atoms with E-state index in [4.69, 9.17) is 11.6 Å². The molecule has 0 radical (unpaired) electrons. The molecule has 6 nitrogen and oxygen atoms in total. The average Bonchev–Trinajstić information content (AvgIpc) is 2.56. The van der Waals surface area contributed by atoms with E-state index < -0.39 is 10.0 Å². The number of carbonyl (C=O) groups excluding carboxylic acids is 1. The standard InChI is InChI=1S/C16H18ClN3O3S/c1-2-18-16(21)14-6-3-12(4-7-14)10-20-24(22,23)11-13-5-8-15(17)19-9-13/h3-9,20H,2,10-11H2,1H3,(H,18,21). The number of amides is 1. The van der Waals surface area contributed by atoms with Gasteiger partial charge in [-0.3, -0.25) is 4.79 Å². The summed E-state index contributed by atoms with van der Waals surface area (Å²) >= 11 is 5.67. The van der Waals surface area contributed by atoms with Gasteiger partial charge in [-0.1, -0.05) is 29.8 Å². The van der Waals surface area contributed by atoms with Crippen molar-refractivity contribution in [3.05, 3.63) is 64.4 Å². The minimum Gasteiger partial charge on any atom is -0.352 e. The van der Waals surface area contributed by atoms with E-state index in [0.717, 1.165) is 5.56 Å². The molecule has 1 heterocycles. The predicted octanol–water partition coefficient (Wildman–Crippen LogP) is 2.10. The first-order valence-electron chi connectivity index (χ1n) is 7.34. The minimum atomic E-state index is -3.49. The number of benzene rings is 1. The van der Waals surface area contributed by atoms with E-state index in [0.29, 0.717) is 22.8 Å². The number of carbonyl (C=O) groups is 1. The summed E-state index contributed by atoms with van der Waals surface area (Å²) in [7, 11) is -3.49. The van der Waals surface area contributed by atoms with Gasteiger partial charge in [-0.05, 0) is 36.2 Å². The summed E-state index contributed by atoms with van der Waals surface area (Å²) in [5.41, 5.74) is 1.86. The number of pyridine rings is 1. The second-order valence-electron chi connectivity index (χ2n) is 5.13. The minimum absolute atomic E-state index is 0.152. The number of sulfonamides is 1. The molecule has 0 saturated heterocycles. The molecule has 1 amide bonds. The Hall–Kier alpha value is -1.96. The lowest BCUT2D eigenvalue weighted by Gasteiger charge is -2.08. The van der Waals surface area contributed by atoms with Gasteiger partial charge in [0.2, 0.25) is 10.0 Å². The summed E-state index contributed by atoms with van der Waals surface area (Å²) in [6.07, 6.45) is 1.43. The van der Waals surface area contributed by atoms with Crippen molar-refractivity contribution in [2.24, 2.45) is 0 Å². The van der Waals surface area contributed by atoms with Crippen molar-refractivity contribution >= 4 is 27.5 Å². The number of hydrogen-bond acceptors (Lipinski definition) is 4. The summed E-state index contributed by atoms with van der Waals surface area (Å²) in [5.74, 6) is -0.325. The second kappa shape index (κ2) is 8.23. The molecule has 0 saturated carbocycles. The van der Waals surface area contributed by atoms with Crippen LogP contribution in [0.5, 0.6) is 0 Å². The van der Waals surface area contributed by atoms with Gasteiger partial charge >= 0.3 is 0 Å². The van der Waals surface area contributed by atoms with Crippen molar-refractivity contribution in [3.8, 4) is 0 Å². The van der Waals surface area contributed by atoms with Crippen LogP contribution in [0.1, 0.15) is 28.4 Å². The molecule has 1 aromatic carbocycles. The first-order valence-corrected chi connectivity index (χ1v) is 9.37. The van der Waals surface area contributed by atoms with E-state index >= 15 is 0 Å². The van der Waals surface area contributed by atoms with Gasteiger partial charge in [0, 0.05) is 24.8 Å². The van der Waals surface area contributed by atoms with Crippen LogP contribution in [0.25, 0.3) is 0 Å². The summed E-state index contributed by atoms with van der Waals surface area (Å²) in [4.78, 5) is 15.5. The highest BCUT2D eigenvalue weighted by Gasteiger charge is 2.12. The van der Waals surface area contributed by atoms with Gasteiger partial charge in [-0.15, -0.1) is 0 Å². The third kappa shape index (κ3) is 5.59. The number of hydrogen-bond donors (Lipinski definition) is 2. The Morgan fingerprint density at radius 3 is 2.38 bits per heavy atom. The quantitative estimate of drug-likeness (QED) is 0.733. The highest BCUT2D eigenvalue weighted by molar-refractivity contribution is 7.88. The van der Waals surface area contributed by atoms with Crippen LogP contribution in [-0.2, 0) is 22.3 Å². The van der Waals surface area contributed by atoms with Crippen molar-refractivity contribution in [3.63, 3.8) is 0 Å².